The molecule has 8 nitrogen and oxygen atoms in total. The van der Waals surface area contributed by atoms with Crippen LogP contribution in [0.5, 0.6) is 17.2 Å². The molecule has 2 heterocycles. The molecular weight excluding hydrogens is 458 g/mol. The van der Waals surface area contributed by atoms with E-state index in [1.807, 2.05) is 0 Å². The highest BCUT2D eigenvalue weighted by Crippen LogP contribution is 2.34. The summed E-state index contributed by atoms with van der Waals surface area (Å²) >= 11 is 5.90. The molecule has 172 valence electrons. The minimum atomic E-state index is -3.68. The highest BCUT2D eigenvalue weighted by molar-refractivity contribution is 7.89. The third-order valence-electron chi connectivity index (χ3n) is 5.33. The SMILES string of the molecule is O=C(OCCOc1cccc(Cl)c1)C1CCN(S(=O)(=O)c2ccc3c(c2)OCCO3)CC1. The molecule has 32 heavy (non-hydrogen) atoms. The summed E-state index contributed by atoms with van der Waals surface area (Å²) in [4.78, 5) is 12.5. The summed E-state index contributed by atoms with van der Waals surface area (Å²) < 4.78 is 49.2. The Balaban J connectivity index is 1.25. The zero-order valence-electron chi connectivity index (χ0n) is 17.4. The van der Waals surface area contributed by atoms with Crippen LogP contribution in [0.2, 0.25) is 5.02 Å². The first-order valence-corrected chi connectivity index (χ1v) is 12.2. The summed E-state index contributed by atoms with van der Waals surface area (Å²) in [5.41, 5.74) is 0. The van der Waals surface area contributed by atoms with Crippen molar-refractivity contribution in [1.29, 1.82) is 0 Å². The van der Waals surface area contributed by atoms with E-state index in [1.165, 1.54) is 16.4 Å². The van der Waals surface area contributed by atoms with Gasteiger partial charge >= 0.3 is 5.97 Å². The first kappa shape index (κ1) is 22.7. The zero-order chi connectivity index (χ0) is 22.6. The summed E-state index contributed by atoms with van der Waals surface area (Å²) in [5.74, 6) is 0.891. The maximum absolute atomic E-state index is 13.0. The Morgan fingerprint density at radius 1 is 1.03 bits per heavy atom. The standard InChI is InChI=1S/C22H24ClNO7S/c23-17-2-1-3-18(14-17)28-10-13-31-22(25)16-6-8-24(9-7-16)32(26,27)19-4-5-20-21(15-19)30-12-11-29-20/h1-5,14-16H,6-13H2. The number of hydrogen-bond acceptors (Lipinski definition) is 7. The average Bonchev–Trinajstić information content (AvgIpc) is 2.81. The van der Waals surface area contributed by atoms with Crippen LogP contribution in [0.1, 0.15) is 12.8 Å². The third-order valence-corrected chi connectivity index (χ3v) is 7.46. The number of carbonyl (C=O) groups excluding carboxylic acids is 1. The molecule has 4 rings (SSSR count). The third kappa shape index (κ3) is 5.28. The van der Waals surface area contributed by atoms with Crippen molar-refractivity contribution in [1.82, 2.24) is 4.31 Å². The van der Waals surface area contributed by atoms with Gasteiger partial charge in [-0.1, -0.05) is 17.7 Å². The maximum Gasteiger partial charge on any atom is 0.309 e. The lowest BCUT2D eigenvalue weighted by molar-refractivity contribution is -0.150. The number of rotatable bonds is 7. The van der Waals surface area contributed by atoms with Crippen LogP contribution in [0.15, 0.2) is 47.4 Å². The summed E-state index contributed by atoms with van der Waals surface area (Å²) in [6, 6.07) is 11.6. The molecule has 0 bridgehead atoms. The maximum atomic E-state index is 13.0. The van der Waals surface area contributed by atoms with E-state index in [2.05, 4.69) is 0 Å². The summed E-state index contributed by atoms with van der Waals surface area (Å²) in [7, 11) is -3.68. The van der Waals surface area contributed by atoms with E-state index in [1.54, 1.807) is 30.3 Å². The minimum Gasteiger partial charge on any atom is -0.490 e. The van der Waals surface area contributed by atoms with E-state index in [9.17, 15) is 13.2 Å². The number of piperidine rings is 1. The highest BCUT2D eigenvalue weighted by Gasteiger charge is 2.33. The van der Waals surface area contributed by atoms with Crippen LogP contribution in [-0.4, -0.2) is 58.2 Å². The Morgan fingerprint density at radius 3 is 2.53 bits per heavy atom. The van der Waals surface area contributed by atoms with Crippen molar-refractivity contribution in [3.63, 3.8) is 0 Å². The molecule has 0 amide bonds. The molecule has 0 atom stereocenters. The van der Waals surface area contributed by atoms with Crippen molar-refractivity contribution in [3.05, 3.63) is 47.5 Å². The largest absolute Gasteiger partial charge is 0.490 e. The van der Waals surface area contributed by atoms with E-state index < -0.39 is 10.0 Å². The number of halogens is 1. The molecule has 0 radical (unpaired) electrons. The van der Waals surface area contributed by atoms with Crippen molar-refractivity contribution in [2.75, 3.05) is 39.5 Å². The monoisotopic (exact) mass is 481 g/mol. The van der Waals surface area contributed by atoms with Gasteiger partial charge in [0, 0.05) is 24.2 Å². The lowest BCUT2D eigenvalue weighted by Crippen LogP contribution is -2.40. The molecule has 0 saturated carbocycles. The number of ether oxygens (including phenoxy) is 4. The van der Waals surface area contributed by atoms with E-state index in [0.29, 0.717) is 48.3 Å². The molecule has 0 spiro atoms. The molecule has 2 aromatic carbocycles. The number of esters is 1. The smallest absolute Gasteiger partial charge is 0.309 e. The quantitative estimate of drug-likeness (QED) is 0.443. The molecule has 0 N–H and O–H groups in total. The number of sulfonamides is 1. The summed E-state index contributed by atoms with van der Waals surface area (Å²) in [5, 5.41) is 0.567. The van der Waals surface area contributed by atoms with Crippen LogP contribution in [0.25, 0.3) is 0 Å². The van der Waals surface area contributed by atoms with Crippen LogP contribution in [0.4, 0.5) is 0 Å². The predicted octanol–water partition coefficient (Wildman–Crippen LogP) is 3.13. The lowest BCUT2D eigenvalue weighted by atomic mass is 9.98. The Morgan fingerprint density at radius 2 is 1.78 bits per heavy atom. The van der Waals surface area contributed by atoms with Gasteiger partial charge in [-0.15, -0.1) is 0 Å². The molecule has 10 heteroatoms. The van der Waals surface area contributed by atoms with Crippen molar-refractivity contribution >= 4 is 27.6 Å². The fraction of sp³-hybridized carbons (Fsp3) is 0.409. The molecular formula is C22H24ClNO7S. The normalized spacial score (nSPS) is 17.0. The molecule has 0 unspecified atom stereocenters. The highest BCUT2D eigenvalue weighted by atomic mass is 35.5. The Hall–Kier alpha value is -2.49. The number of hydrogen-bond donors (Lipinski definition) is 0. The van der Waals surface area contributed by atoms with Gasteiger partial charge in [0.15, 0.2) is 11.5 Å². The van der Waals surface area contributed by atoms with Gasteiger partial charge in [-0.3, -0.25) is 4.79 Å². The fourth-order valence-corrected chi connectivity index (χ4v) is 5.31. The van der Waals surface area contributed by atoms with Crippen LogP contribution in [0.3, 0.4) is 0 Å². The Bertz CT molecular complexity index is 1070. The van der Waals surface area contributed by atoms with Gasteiger partial charge < -0.3 is 18.9 Å². The van der Waals surface area contributed by atoms with Gasteiger partial charge in [0.2, 0.25) is 10.0 Å². The number of fused-ring (bicyclic) bond motifs is 1. The zero-order valence-corrected chi connectivity index (χ0v) is 18.9. The second-order valence-corrected chi connectivity index (χ2v) is 9.83. The van der Waals surface area contributed by atoms with Gasteiger partial charge in [0.1, 0.15) is 32.2 Å². The molecule has 0 aliphatic carbocycles. The topological polar surface area (TPSA) is 91.4 Å². The van der Waals surface area contributed by atoms with E-state index in [-0.39, 0.29) is 43.1 Å². The average molecular weight is 482 g/mol. The number of nitrogens with zero attached hydrogens (tertiary/aromatic N) is 1. The molecule has 1 saturated heterocycles. The first-order chi connectivity index (χ1) is 15.4. The van der Waals surface area contributed by atoms with E-state index in [0.717, 1.165) is 0 Å². The molecule has 2 aliphatic heterocycles. The molecule has 2 aromatic rings. The van der Waals surface area contributed by atoms with Crippen molar-refractivity contribution in [2.24, 2.45) is 5.92 Å². The molecule has 0 aromatic heterocycles. The fourth-order valence-electron chi connectivity index (χ4n) is 3.64. The first-order valence-electron chi connectivity index (χ1n) is 10.4. The van der Waals surface area contributed by atoms with Gasteiger partial charge in [-0.25, -0.2) is 8.42 Å². The summed E-state index contributed by atoms with van der Waals surface area (Å²) in [6.07, 6.45) is 0.801. The Kier molecular flexibility index (Phi) is 7.07. The van der Waals surface area contributed by atoms with Crippen molar-refractivity contribution in [2.45, 2.75) is 17.7 Å². The second kappa shape index (κ2) is 9.97. The molecule has 1 fully saturated rings. The van der Waals surface area contributed by atoms with Crippen molar-refractivity contribution in [3.8, 4) is 17.2 Å². The van der Waals surface area contributed by atoms with Gasteiger partial charge in [-0.05, 0) is 43.2 Å². The van der Waals surface area contributed by atoms with Gasteiger partial charge in [0.05, 0.1) is 10.8 Å². The minimum absolute atomic E-state index is 0.112. The van der Waals surface area contributed by atoms with Gasteiger partial charge in [-0.2, -0.15) is 4.31 Å². The molecule has 2 aliphatic rings. The second-order valence-electron chi connectivity index (χ2n) is 7.46. The van der Waals surface area contributed by atoms with Crippen LogP contribution < -0.4 is 14.2 Å². The van der Waals surface area contributed by atoms with Gasteiger partial charge in [0.25, 0.3) is 0 Å². The lowest BCUT2D eigenvalue weighted by Gasteiger charge is -2.30. The summed E-state index contributed by atoms with van der Waals surface area (Å²) in [6.45, 7) is 1.64. The van der Waals surface area contributed by atoms with E-state index >= 15 is 0 Å². The van der Waals surface area contributed by atoms with E-state index in [4.69, 9.17) is 30.5 Å². The predicted molar refractivity (Wildman–Crippen MR) is 117 cm³/mol. The van der Waals surface area contributed by atoms with Crippen LogP contribution in [0, 0.1) is 5.92 Å². The van der Waals surface area contributed by atoms with Crippen LogP contribution >= 0.6 is 11.6 Å². The Labute approximate surface area is 192 Å². The van der Waals surface area contributed by atoms with Crippen LogP contribution in [-0.2, 0) is 19.6 Å². The van der Waals surface area contributed by atoms with Crippen molar-refractivity contribution < 1.29 is 32.2 Å². The number of benzene rings is 2. The number of carbonyl (C=O) groups is 1.